The molecule has 15 heavy (non-hydrogen) atoms. The van der Waals surface area contributed by atoms with E-state index in [-0.39, 0.29) is 11.8 Å². The summed E-state index contributed by atoms with van der Waals surface area (Å²) in [6.07, 6.45) is 0. The van der Waals surface area contributed by atoms with Crippen molar-refractivity contribution >= 4 is 34.2 Å². The number of benzene rings is 1. The van der Waals surface area contributed by atoms with E-state index >= 15 is 0 Å². The lowest BCUT2D eigenvalue weighted by Gasteiger charge is -2.02. The van der Waals surface area contributed by atoms with Gasteiger partial charge < -0.3 is 5.32 Å². The van der Waals surface area contributed by atoms with E-state index in [0.29, 0.717) is 5.69 Å². The Bertz CT molecular complexity index is 508. The maximum absolute atomic E-state index is 11.1. The molecule has 0 saturated heterocycles. The molecule has 0 unspecified atom stereocenters. The minimum Gasteiger partial charge on any atom is -0.325 e. The number of nitrogens with zero attached hydrogens (tertiary/aromatic N) is 3. The summed E-state index contributed by atoms with van der Waals surface area (Å²) < 4.78 is 1.64. The SMILES string of the molecule is Cn1nnc2ccc(NC(=O)CCl)cc21. The summed E-state index contributed by atoms with van der Waals surface area (Å²) in [5.74, 6) is -0.284. The number of hydrogen-bond acceptors (Lipinski definition) is 3. The lowest BCUT2D eigenvalue weighted by atomic mass is 10.2. The van der Waals surface area contributed by atoms with E-state index in [1.165, 1.54) is 0 Å². The number of aromatic nitrogens is 3. The van der Waals surface area contributed by atoms with Crippen LogP contribution in [-0.2, 0) is 11.8 Å². The Morgan fingerprint density at radius 1 is 1.60 bits per heavy atom. The zero-order valence-electron chi connectivity index (χ0n) is 8.07. The van der Waals surface area contributed by atoms with Gasteiger partial charge in [-0.25, -0.2) is 4.68 Å². The van der Waals surface area contributed by atoms with E-state index in [1.54, 1.807) is 29.9 Å². The molecule has 2 rings (SSSR count). The van der Waals surface area contributed by atoms with E-state index in [9.17, 15) is 4.79 Å². The standard InChI is InChI=1S/C9H9ClN4O/c1-14-8-4-6(11-9(15)5-10)2-3-7(8)12-13-14/h2-4H,5H2,1H3,(H,11,15). The fourth-order valence-electron chi connectivity index (χ4n) is 1.30. The molecule has 1 N–H and O–H groups in total. The number of hydrogen-bond donors (Lipinski definition) is 1. The number of fused-ring (bicyclic) bond motifs is 1. The van der Waals surface area contributed by atoms with Crippen molar-refractivity contribution in [3.05, 3.63) is 18.2 Å². The molecule has 1 amide bonds. The van der Waals surface area contributed by atoms with Gasteiger partial charge in [-0.3, -0.25) is 4.79 Å². The van der Waals surface area contributed by atoms with Gasteiger partial charge in [0.1, 0.15) is 11.4 Å². The topological polar surface area (TPSA) is 59.8 Å². The van der Waals surface area contributed by atoms with Crippen molar-refractivity contribution in [1.82, 2.24) is 15.0 Å². The number of amides is 1. The molecule has 0 atom stereocenters. The monoisotopic (exact) mass is 224 g/mol. The van der Waals surface area contributed by atoms with Crippen molar-refractivity contribution in [2.24, 2.45) is 7.05 Å². The van der Waals surface area contributed by atoms with Crippen LogP contribution >= 0.6 is 11.6 Å². The molecular weight excluding hydrogens is 216 g/mol. The highest BCUT2D eigenvalue weighted by Gasteiger charge is 2.04. The van der Waals surface area contributed by atoms with Crippen molar-refractivity contribution in [3.63, 3.8) is 0 Å². The largest absolute Gasteiger partial charge is 0.325 e. The Balaban J connectivity index is 2.37. The average molecular weight is 225 g/mol. The van der Waals surface area contributed by atoms with Gasteiger partial charge >= 0.3 is 0 Å². The third-order valence-electron chi connectivity index (χ3n) is 2.02. The molecule has 2 aromatic rings. The van der Waals surface area contributed by atoms with Gasteiger partial charge in [-0.2, -0.15) is 0 Å². The van der Waals surface area contributed by atoms with Crippen LogP contribution in [-0.4, -0.2) is 26.8 Å². The van der Waals surface area contributed by atoms with E-state index < -0.39 is 0 Å². The number of carbonyl (C=O) groups is 1. The Labute approximate surface area is 91.0 Å². The molecule has 5 nitrogen and oxygen atoms in total. The molecule has 0 fully saturated rings. The van der Waals surface area contributed by atoms with Gasteiger partial charge in [0.05, 0.1) is 5.52 Å². The molecule has 1 aromatic carbocycles. The molecule has 1 heterocycles. The highest BCUT2D eigenvalue weighted by Crippen LogP contribution is 2.16. The predicted octanol–water partition coefficient (Wildman–Crippen LogP) is 1.15. The number of carbonyl (C=O) groups excluding carboxylic acids is 1. The van der Waals surface area contributed by atoms with Crippen LogP contribution in [0, 0.1) is 0 Å². The third-order valence-corrected chi connectivity index (χ3v) is 2.26. The van der Waals surface area contributed by atoms with Gasteiger partial charge in [0.15, 0.2) is 0 Å². The van der Waals surface area contributed by atoms with E-state index in [1.807, 2.05) is 0 Å². The Kier molecular flexibility index (Phi) is 2.55. The maximum Gasteiger partial charge on any atom is 0.239 e. The average Bonchev–Trinajstić information content (AvgIpc) is 2.60. The molecule has 0 aliphatic carbocycles. The Morgan fingerprint density at radius 2 is 2.40 bits per heavy atom. The normalized spacial score (nSPS) is 10.5. The lowest BCUT2D eigenvalue weighted by molar-refractivity contribution is -0.113. The van der Waals surface area contributed by atoms with Gasteiger partial charge in [-0.15, -0.1) is 16.7 Å². The summed E-state index contributed by atoms with van der Waals surface area (Å²) in [5, 5.41) is 10.5. The van der Waals surface area contributed by atoms with Crippen LogP contribution in [0.1, 0.15) is 0 Å². The first-order chi connectivity index (χ1) is 7.20. The van der Waals surface area contributed by atoms with Gasteiger partial charge in [0.25, 0.3) is 0 Å². The summed E-state index contributed by atoms with van der Waals surface area (Å²) >= 11 is 5.39. The fraction of sp³-hybridized carbons (Fsp3) is 0.222. The van der Waals surface area contributed by atoms with Crippen LogP contribution in [0.4, 0.5) is 5.69 Å². The first-order valence-corrected chi connectivity index (χ1v) is 4.89. The maximum atomic E-state index is 11.1. The van der Waals surface area contributed by atoms with Crippen molar-refractivity contribution in [3.8, 4) is 0 Å². The number of anilines is 1. The first-order valence-electron chi connectivity index (χ1n) is 4.36. The number of halogens is 1. The van der Waals surface area contributed by atoms with Crippen LogP contribution in [0.15, 0.2) is 18.2 Å². The van der Waals surface area contributed by atoms with Crippen molar-refractivity contribution in [1.29, 1.82) is 0 Å². The molecule has 0 bridgehead atoms. The summed E-state index contributed by atoms with van der Waals surface area (Å²) in [7, 11) is 1.79. The molecule has 0 spiro atoms. The summed E-state index contributed by atoms with van der Waals surface area (Å²) in [4.78, 5) is 11.1. The zero-order valence-corrected chi connectivity index (χ0v) is 8.82. The summed E-state index contributed by atoms with van der Waals surface area (Å²) in [6.45, 7) is 0. The van der Waals surface area contributed by atoms with E-state index in [4.69, 9.17) is 11.6 Å². The second-order valence-electron chi connectivity index (χ2n) is 3.10. The third kappa shape index (κ3) is 1.92. The fourth-order valence-corrected chi connectivity index (χ4v) is 1.37. The Morgan fingerprint density at radius 3 is 3.13 bits per heavy atom. The van der Waals surface area contributed by atoms with Crippen molar-refractivity contribution in [2.75, 3.05) is 11.2 Å². The molecular formula is C9H9ClN4O. The smallest absolute Gasteiger partial charge is 0.239 e. The highest BCUT2D eigenvalue weighted by atomic mass is 35.5. The van der Waals surface area contributed by atoms with Crippen molar-refractivity contribution < 1.29 is 4.79 Å². The zero-order chi connectivity index (χ0) is 10.8. The number of aryl methyl sites for hydroxylation is 1. The minimum absolute atomic E-state index is 0.0539. The summed E-state index contributed by atoms with van der Waals surface area (Å²) in [6, 6.07) is 5.37. The Hall–Kier alpha value is -1.62. The molecule has 0 saturated carbocycles. The van der Waals surface area contributed by atoms with Crippen LogP contribution < -0.4 is 5.32 Å². The lowest BCUT2D eigenvalue weighted by Crippen LogP contribution is -2.12. The molecule has 0 aliphatic heterocycles. The predicted molar refractivity (Wildman–Crippen MR) is 57.9 cm³/mol. The van der Waals surface area contributed by atoms with E-state index in [0.717, 1.165) is 11.0 Å². The molecule has 0 radical (unpaired) electrons. The first kappa shape index (κ1) is 9.92. The number of rotatable bonds is 2. The summed E-state index contributed by atoms with van der Waals surface area (Å²) in [5.41, 5.74) is 2.35. The molecule has 78 valence electrons. The van der Waals surface area contributed by atoms with E-state index in [2.05, 4.69) is 15.6 Å². The second-order valence-corrected chi connectivity index (χ2v) is 3.37. The number of nitrogens with one attached hydrogen (secondary N) is 1. The molecule has 1 aromatic heterocycles. The number of alkyl halides is 1. The van der Waals surface area contributed by atoms with Gasteiger partial charge in [-0.05, 0) is 18.2 Å². The van der Waals surface area contributed by atoms with Gasteiger partial charge in [-0.1, -0.05) is 5.21 Å². The molecule has 0 aliphatic rings. The highest BCUT2D eigenvalue weighted by molar-refractivity contribution is 6.29. The van der Waals surface area contributed by atoms with Crippen LogP contribution in [0.2, 0.25) is 0 Å². The minimum atomic E-state index is -0.230. The molecule has 6 heteroatoms. The van der Waals surface area contributed by atoms with Crippen LogP contribution in [0.25, 0.3) is 11.0 Å². The second kappa shape index (κ2) is 3.86. The quantitative estimate of drug-likeness (QED) is 0.779. The van der Waals surface area contributed by atoms with Gasteiger partial charge in [0.2, 0.25) is 5.91 Å². The van der Waals surface area contributed by atoms with Crippen molar-refractivity contribution in [2.45, 2.75) is 0 Å². The van der Waals surface area contributed by atoms with Crippen LogP contribution in [0.5, 0.6) is 0 Å². The van der Waals surface area contributed by atoms with Crippen LogP contribution in [0.3, 0.4) is 0 Å². The van der Waals surface area contributed by atoms with Gasteiger partial charge in [0, 0.05) is 12.7 Å².